The van der Waals surface area contributed by atoms with Crippen LogP contribution in [0.4, 0.5) is 5.69 Å². The van der Waals surface area contributed by atoms with Gasteiger partial charge in [0.25, 0.3) is 0 Å². The number of aliphatic imine (C=N–C) groups is 1. The van der Waals surface area contributed by atoms with E-state index in [9.17, 15) is 0 Å². The van der Waals surface area contributed by atoms with Gasteiger partial charge in [0.1, 0.15) is 0 Å². The summed E-state index contributed by atoms with van der Waals surface area (Å²) in [6, 6.07) is 9.03. The van der Waals surface area contributed by atoms with E-state index in [1.54, 1.807) is 36.8 Å². The first-order valence-corrected chi connectivity index (χ1v) is 5.40. The molecule has 0 N–H and O–H groups in total. The van der Waals surface area contributed by atoms with Crippen molar-refractivity contribution in [1.29, 1.82) is 0 Å². The molecule has 0 aliphatic carbocycles. The topological polar surface area (TPSA) is 25.2 Å². The van der Waals surface area contributed by atoms with Gasteiger partial charge >= 0.3 is 0 Å². The van der Waals surface area contributed by atoms with Crippen LogP contribution >= 0.6 is 23.2 Å². The standard InChI is InChI=1S/C12H8Cl2N2/c13-11-4-3-10(6-12(11)14)16-8-9-2-1-5-15-7-9/h1-8H. The fourth-order valence-electron chi connectivity index (χ4n) is 1.17. The van der Waals surface area contributed by atoms with Crippen molar-refractivity contribution in [3.05, 3.63) is 58.3 Å². The Morgan fingerprint density at radius 1 is 1.12 bits per heavy atom. The maximum absolute atomic E-state index is 5.88. The van der Waals surface area contributed by atoms with Crippen molar-refractivity contribution >= 4 is 35.1 Å². The van der Waals surface area contributed by atoms with Crippen LogP contribution in [0.2, 0.25) is 10.0 Å². The van der Waals surface area contributed by atoms with Crippen LogP contribution in [0.5, 0.6) is 0 Å². The van der Waals surface area contributed by atoms with E-state index in [0.29, 0.717) is 10.0 Å². The average molecular weight is 251 g/mol. The lowest BCUT2D eigenvalue weighted by molar-refractivity contribution is 1.32. The van der Waals surface area contributed by atoms with E-state index in [-0.39, 0.29) is 0 Å². The quantitative estimate of drug-likeness (QED) is 0.736. The average Bonchev–Trinajstić information content (AvgIpc) is 2.32. The Morgan fingerprint density at radius 3 is 2.69 bits per heavy atom. The monoisotopic (exact) mass is 250 g/mol. The van der Waals surface area contributed by atoms with Gasteiger partial charge < -0.3 is 0 Å². The summed E-state index contributed by atoms with van der Waals surface area (Å²) >= 11 is 11.7. The van der Waals surface area contributed by atoms with Crippen LogP contribution < -0.4 is 0 Å². The molecule has 0 bridgehead atoms. The summed E-state index contributed by atoms with van der Waals surface area (Å²) in [4.78, 5) is 8.26. The van der Waals surface area contributed by atoms with Gasteiger partial charge in [-0.25, -0.2) is 0 Å². The Bertz CT molecular complexity index is 510. The van der Waals surface area contributed by atoms with Crippen molar-refractivity contribution < 1.29 is 0 Å². The lowest BCUT2D eigenvalue weighted by atomic mass is 10.3. The van der Waals surface area contributed by atoms with Gasteiger partial charge in [0, 0.05) is 24.2 Å². The molecular weight excluding hydrogens is 243 g/mol. The summed E-state index contributed by atoms with van der Waals surface area (Å²) in [5.41, 5.74) is 1.70. The number of benzene rings is 1. The molecule has 0 aliphatic heterocycles. The summed E-state index contributed by atoms with van der Waals surface area (Å²) in [5.74, 6) is 0. The predicted octanol–water partition coefficient (Wildman–Crippen LogP) is 4.14. The normalized spacial score (nSPS) is 10.9. The largest absolute Gasteiger partial charge is 0.264 e. The molecule has 0 atom stereocenters. The zero-order valence-corrected chi connectivity index (χ0v) is 9.78. The molecule has 0 spiro atoms. The SMILES string of the molecule is Clc1ccc(N=Cc2cccnc2)cc1Cl. The first kappa shape index (κ1) is 11.1. The highest BCUT2D eigenvalue weighted by Gasteiger charge is 1.97. The molecule has 0 amide bonds. The van der Waals surface area contributed by atoms with Crippen LogP contribution in [-0.4, -0.2) is 11.2 Å². The fourth-order valence-corrected chi connectivity index (χ4v) is 1.46. The molecule has 0 unspecified atom stereocenters. The van der Waals surface area contributed by atoms with Crippen LogP contribution in [0.15, 0.2) is 47.7 Å². The van der Waals surface area contributed by atoms with Gasteiger partial charge in [-0.2, -0.15) is 0 Å². The van der Waals surface area contributed by atoms with Gasteiger partial charge in [-0.1, -0.05) is 29.3 Å². The second kappa shape index (κ2) is 5.10. The summed E-state index contributed by atoms with van der Waals surface area (Å²) in [6.45, 7) is 0. The third kappa shape index (κ3) is 2.81. The van der Waals surface area contributed by atoms with Crippen LogP contribution in [0.25, 0.3) is 0 Å². The second-order valence-corrected chi connectivity index (χ2v) is 3.96. The third-order valence-electron chi connectivity index (χ3n) is 1.95. The third-order valence-corrected chi connectivity index (χ3v) is 2.69. The van der Waals surface area contributed by atoms with Crippen LogP contribution in [-0.2, 0) is 0 Å². The van der Waals surface area contributed by atoms with Gasteiger partial charge in [-0.3, -0.25) is 9.98 Å². The number of nitrogens with zero attached hydrogens (tertiary/aromatic N) is 2. The Hall–Kier alpha value is -1.38. The number of hydrogen-bond acceptors (Lipinski definition) is 2. The van der Waals surface area contributed by atoms with E-state index in [4.69, 9.17) is 23.2 Å². The molecule has 1 aromatic carbocycles. The van der Waals surface area contributed by atoms with Crippen LogP contribution in [0.1, 0.15) is 5.56 Å². The minimum Gasteiger partial charge on any atom is -0.264 e. The van der Waals surface area contributed by atoms with E-state index in [1.165, 1.54) is 0 Å². The highest BCUT2D eigenvalue weighted by atomic mass is 35.5. The molecule has 0 aliphatic rings. The van der Waals surface area contributed by atoms with Crippen molar-refractivity contribution in [3.63, 3.8) is 0 Å². The van der Waals surface area contributed by atoms with E-state index >= 15 is 0 Å². The van der Waals surface area contributed by atoms with Gasteiger partial charge in [0.15, 0.2) is 0 Å². The second-order valence-electron chi connectivity index (χ2n) is 3.14. The summed E-state index contributed by atoms with van der Waals surface area (Å²) in [7, 11) is 0. The molecule has 0 saturated carbocycles. The van der Waals surface area contributed by atoms with Crippen LogP contribution in [0.3, 0.4) is 0 Å². The maximum atomic E-state index is 5.88. The number of rotatable bonds is 2. The molecule has 1 aromatic heterocycles. The van der Waals surface area contributed by atoms with Crippen molar-refractivity contribution in [2.45, 2.75) is 0 Å². The lowest BCUT2D eigenvalue weighted by Crippen LogP contribution is -1.80. The molecule has 2 rings (SSSR count). The molecule has 0 saturated heterocycles. The smallest absolute Gasteiger partial charge is 0.0645 e. The van der Waals surface area contributed by atoms with Crippen molar-refractivity contribution in [2.75, 3.05) is 0 Å². The first-order valence-electron chi connectivity index (χ1n) is 4.65. The Kier molecular flexibility index (Phi) is 3.54. The zero-order chi connectivity index (χ0) is 11.4. The van der Waals surface area contributed by atoms with Crippen molar-refractivity contribution in [1.82, 2.24) is 4.98 Å². The molecule has 16 heavy (non-hydrogen) atoms. The molecule has 80 valence electrons. The number of pyridine rings is 1. The zero-order valence-electron chi connectivity index (χ0n) is 8.27. The van der Waals surface area contributed by atoms with Gasteiger partial charge in [0.05, 0.1) is 15.7 Å². The summed E-state index contributed by atoms with van der Waals surface area (Å²) < 4.78 is 0. The minimum absolute atomic E-state index is 0.502. The number of aromatic nitrogens is 1. The molecule has 1 heterocycles. The van der Waals surface area contributed by atoms with Crippen LogP contribution in [0, 0.1) is 0 Å². The molecule has 2 aromatic rings. The maximum Gasteiger partial charge on any atom is 0.0645 e. The highest BCUT2D eigenvalue weighted by molar-refractivity contribution is 6.42. The minimum atomic E-state index is 0.502. The Labute approximate surface area is 104 Å². The highest BCUT2D eigenvalue weighted by Crippen LogP contribution is 2.26. The van der Waals surface area contributed by atoms with E-state index in [2.05, 4.69) is 9.98 Å². The van der Waals surface area contributed by atoms with E-state index in [1.807, 2.05) is 12.1 Å². The fraction of sp³-hybridized carbons (Fsp3) is 0. The molecule has 4 heteroatoms. The molecule has 0 radical (unpaired) electrons. The predicted molar refractivity (Wildman–Crippen MR) is 68.0 cm³/mol. The number of hydrogen-bond donors (Lipinski definition) is 0. The molecule has 0 fully saturated rings. The first-order chi connectivity index (χ1) is 7.75. The van der Waals surface area contributed by atoms with Gasteiger partial charge in [-0.05, 0) is 24.3 Å². The summed E-state index contributed by atoms with van der Waals surface area (Å²) in [5, 5.41) is 1.03. The Morgan fingerprint density at radius 2 is 2.00 bits per heavy atom. The van der Waals surface area contributed by atoms with Crippen molar-refractivity contribution in [2.24, 2.45) is 4.99 Å². The van der Waals surface area contributed by atoms with Gasteiger partial charge in [0.2, 0.25) is 0 Å². The Balaban J connectivity index is 2.21. The number of halogens is 2. The summed E-state index contributed by atoms with van der Waals surface area (Å²) in [6.07, 6.45) is 5.18. The molecule has 2 nitrogen and oxygen atoms in total. The van der Waals surface area contributed by atoms with Crippen molar-refractivity contribution in [3.8, 4) is 0 Å². The van der Waals surface area contributed by atoms with Gasteiger partial charge in [-0.15, -0.1) is 0 Å². The molecular formula is C12H8Cl2N2. The van der Waals surface area contributed by atoms with E-state index < -0.39 is 0 Å². The van der Waals surface area contributed by atoms with E-state index in [0.717, 1.165) is 11.3 Å². The lowest BCUT2D eigenvalue weighted by Gasteiger charge is -1.97.